The zero-order valence-electron chi connectivity index (χ0n) is 26.6. The van der Waals surface area contributed by atoms with E-state index in [1.807, 2.05) is 6.08 Å². The number of hydrogen-bond donors (Lipinski definition) is 2. The highest BCUT2D eigenvalue weighted by Gasteiger charge is 2.71. The number of rotatable bonds is 5. The number of anilines is 1. The van der Waals surface area contributed by atoms with Crippen molar-refractivity contribution in [2.45, 2.75) is 31.1 Å². The van der Waals surface area contributed by atoms with Crippen molar-refractivity contribution in [1.82, 2.24) is 9.91 Å². The van der Waals surface area contributed by atoms with Crippen LogP contribution in [-0.4, -0.2) is 59.0 Å². The van der Waals surface area contributed by atoms with Gasteiger partial charge in [-0.15, -0.1) is 0 Å². The van der Waals surface area contributed by atoms with Gasteiger partial charge in [0.1, 0.15) is 11.5 Å². The molecule has 0 bridgehead atoms. The summed E-state index contributed by atoms with van der Waals surface area (Å²) in [4.78, 5) is 70.4. The largest absolute Gasteiger partial charge is 0.507 e. The van der Waals surface area contributed by atoms with E-state index < -0.39 is 64.7 Å². The third-order valence-electron chi connectivity index (χ3n) is 10.5. The van der Waals surface area contributed by atoms with Crippen molar-refractivity contribution >= 4 is 58.6 Å². The number of aromatic hydroxyl groups is 1. The van der Waals surface area contributed by atoms with Gasteiger partial charge in [0.05, 0.1) is 48.1 Å². The molecule has 2 N–H and O–H groups in total. The molecule has 2 heterocycles. The minimum Gasteiger partial charge on any atom is -0.507 e. The van der Waals surface area contributed by atoms with E-state index in [2.05, 4.69) is 5.43 Å². The van der Waals surface area contributed by atoms with Gasteiger partial charge < -0.3 is 14.6 Å². The molecule has 4 aliphatic rings. The van der Waals surface area contributed by atoms with Gasteiger partial charge in [-0.3, -0.25) is 24.6 Å². The van der Waals surface area contributed by atoms with Crippen molar-refractivity contribution in [1.29, 1.82) is 0 Å². The van der Waals surface area contributed by atoms with Crippen molar-refractivity contribution in [3.05, 3.63) is 99.0 Å². The number of para-hydroxylation sites is 1. The number of methoxy groups -OCH3 is 2. The average Bonchev–Trinajstić information content (AvgIpc) is 3.47. The second-order valence-electron chi connectivity index (χ2n) is 12.7. The fourth-order valence-electron chi connectivity index (χ4n) is 8.37. The molecule has 252 valence electrons. The molecule has 5 amide bonds. The molecule has 49 heavy (non-hydrogen) atoms. The predicted molar refractivity (Wildman–Crippen MR) is 178 cm³/mol. The normalized spacial score (nSPS) is 27.4. The number of ether oxygens (including phenoxy) is 2. The van der Waals surface area contributed by atoms with Crippen LogP contribution < -0.4 is 10.2 Å². The summed E-state index contributed by atoms with van der Waals surface area (Å²) in [6.45, 7) is 1.73. The second-order valence-corrected chi connectivity index (χ2v) is 13.6. The van der Waals surface area contributed by atoms with Gasteiger partial charge in [-0.1, -0.05) is 65.2 Å². The van der Waals surface area contributed by atoms with E-state index in [9.17, 15) is 24.3 Å². The molecule has 0 spiro atoms. The smallest absolute Gasteiger partial charge is 0.423 e. The van der Waals surface area contributed by atoms with Crippen LogP contribution in [0.3, 0.4) is 0 Å². The second kappa shape index (κ2) is 11.9. The lowest BCUT2D eigenvalue weighted by molar-refractivity contribution is -0.140. The van der Waals surface area contributed by atoms with Gasteiger partial charge in [-0.25, -0.2) is 4.79 Å². The lowest BCUT2D eigenvalue weighted by Crippen LogP contribution is -2.53. The molecule has 3 aromatic rings. The number of carbonyl (C=O) groups excluding carboxylic acids is 5. The molecule has 1 saturated carbocycles. The Bertz CT molecular complexity index is 1980. The molecule has 2 saturated heterocycles. The lowest BCUT2D eigenvalue weighted by atomic mass is 9.49. The summed E-state index contributed by atoms with van der Waals surface area (Å²) < 4.78 is 10.2. The quantitative estimate of drug-likeness (QED) is 0.250. The number of carbonyl (C=O) groups is 5. The van der Waals surface area contributed by atoms with Gasteiger partial charge in [0, 0.05) is 16.5 Å². The van der Waals surface area contributed by atoms with E-state index in [0.29, 0.717) is 37.9 Å². The van der Waals surface area contributed by atoms with Gasteiger partial charge in [-0.05, 0) is 67.1 Å². The molecule has 0 unspecified atom stereocenters. The number of aryl methyl sites for hydroxylation is 1. The first kappa shape index (κ1) is 32.7. The Balaban J connectivity index is 1.47. The number of fused-ring (bicyclic) bond motifs is 4. The molecule has 3 fully saturated rings. The number of halogens is 2. The van der Waals surface area contributed by atoms with E-state index in [1.54, 1.807) is 61.5 Å². The Hall–Kier alpha value is -4.87. The number of nitrogens with zero attached hydrogens (tertiary/aromatic N) is 2. The fraction of sp³-hybridized carbons (Fsp3) is 0.306. The summed E-state index contributed by atoms with van der Waals surface area (Å²) in [7, 11) is 2.60. The van der Waals surface area contributed by atoms with Crippen molar-refractivity contribution < 1.29 is 38.6 Å². The molecule has 2 aliphatic heterocycles. The molecule has 7 rings (SSSR count). The number of imide groups is 4. The maximum Gasteiger partial charge on any atom is 0.423 e. The Morgan fingerprint density at radius 2 is 1.69 bits per heavy atom. The number of amides is 5. The Labute approximate surface area is 291 Å². The number of benzene rings is 3. The van der Waals surface area contributed by atoms with Crippen LogP contribution in [0.15, 0.2) is 72.3 Å². The molecule has 3 aromatic carbocycles. The number of hydrogen-bond acceptors (Lipinski definition) is 9. The first-order valence-corrected chi connectivity index (χ1v) is 16.4. The fourth-order valence-corrected chi connectivity index (χ4v) is 8.82. The maximum absolute atomic E-state index is 15.2. The van der Waals surface area contributed by atoms with Gasteiger partial charge >= 0.3 is 6.09 Å². The van der Waals surface area contributed by atoms with Gasteiger partial charge in [0.15, 0.2) is 0 Å². The van der Waals surface area contributed by atoms with Crippen LogP contribution in [0.25, 0.3) is 0 Å². The molecule has 0 aromatic heterocycles. The first-order chi connectivity index (χ1) is 23.4. The molecular weight excluding hydrogens is 673 g/mol. The lowest BCUT2D eigenvalue weighted by Gasteiger charge is -2.50. The summed E-state index contributed by atoms with van der Waals surface area (Å²) in [5.74, 6) is -6.78. The zero-order valence-corrected chi connectivity index (χ0v) is 28.1. The molecular formula is C36H31Cl2N3O8. The summed E-state index contributed by atoms with van der Waals surface area (Å²) in [5, 5.41) is 13.1. The van der Waals surface area contributed by atoms with Crippen LogP contribution in [0.4, 0.5) is 10.5 Å². The van der Waals surface area contributed by atoms with Gasteiger partial charge in [0.2, 0.25) is 11.8 Å². The minimum atomic E-state index is -1.64. The van der Waals surface area contributed by atoms with Crippen LogP contribution in [0.2, 0.25) is 10.0 Å². The zero-order chi connectivity index (χ0) is 34.9. The average molecular weight is 705 g/mol. The summed E-state index contributed by atoms with van der Waals surface area (Å²) in [6.07, 6.45) is 0.846. The van der Waals surface area contributed by atoms with Crippen LogP contribution in [0, 0.1) is 30.6 Å². The standard InChI is InChI=1S/C36H31Cl2N3O8/c1-17-5-4-6-23(30(17)42)29-21-12-13-22-28(33(45)40(31(22)43)35(47)49-3)24(21)16-25-32(44)41(39-27-14-9-19(37)15-26(27)38)34(46)36(25,29)18-7-10-20(48-2)11-8-18/h4-12,14-15,22,24-25,28-29,39,42H,13,16H2,1-3H3/t22-,24+,25-,28-,29+,36+/m0/s1. The van der Waals surface area contributed by atoms with Crippen LogP contribution in [0.5, 0.6) is 11.5 Å². The number of allylic oxidation sites excluding steroid dienone is 2. The SMILES string of the molecule is COC(=O)N1C(=O)[C@H]2[C@H](CC=C3[C@H]2C[C@H]2C(=O)N(Nc4ccc(Cl)cc4Cl)C(=O)[C@@]2(c2ccc(OC)cc2)[C@H]3c2cccc(C)c2O)C1=O. The molecule has 11 nitrogen and oxygen atoms in total. The van der Waals surface area contributed by atoms with E-state index in [1.165, 1.54) is 13.2 Å². The van der Waals surface area contributed by atoms with Crippen LogP contribution in [-0.2, 0) is 29.3 Å². The molecule has 13 heteroatoms. The number of phenolic OH excluding ortho intramolecular Hbond substituents is 1. The van der Waals surface area contributed by atoms with Gasteiger partial charge in [0.25, 0.3) is 11.8 Å². The first-order valence-electron chi connectivity index (χ1n) is 15.6. The molecule has 2 aliphatic carbocycles. The summed E-state index contributed by atoms with van der Waals surface area (Å²) >= 11 is 12.6. The Morgan fingerprint density at radius 1 is 0.959 bits per heavy atom. The third-order valence-corrected chi connectivity index (χ3v) is 11.1. The van der Waals surface area contributed by atoms with Crippen LogP contribution >= 0.6 is 23.2 Å². The van der Waals surface area contributed by atoms with Gasteiger partial charge in [-0.2, -0.15) is 9.91 Å². The van der Waals surface area contributed by atoms with Crippen LogP contribution in [0.1, 0.15) is 35.4 Å². The summed E-state index contributed by atoms with van der Waals surface area (Å²) in [6, 6.07) is 16.6. The molecule has 6 atom stereocenters. The number of hydrazine groups is 1. The molecule has 0 radical (unpaired) electrons. The monoisotopic (exact) mass is 703 g/mol. The summed E-state index contributed by atoms with van der Waals surface area (Å²) in [5.41, 5.74) is 3.58. The van der Waals surface area contributed by atoms with E-state index in [0.717, 1.165) is 12.1 Å². The number of phenols is 1. The highest BCUT2D eigenvalue weighted by molar-refractivity contribution is 6.36. The number of nitrogens with one attached hydrogen (secondary N) is 1. The predicted octanol–water partition coefficient (Wildman–Crippen LogP) is 5.77. The highest BCUT2D eigenvalue weighted by Crippen LogP contribution is 2.65. The van der Waals surface area contributed by atoms with Crippen molar-refractivity contribution in [3.8, 4) is 11.5 Å². The van der Waals surface area contributed by atoms with E-state index in [-0.39, 0.29) is 29.3 Å². The van der Waals surface area contributed by atoms with E-state index in [4.69, 9.17) is 32.7 Å². The third kappa shape index (κ3) is 4.66. The highest BCUT2D eigenvalue weighted by atomic mass is 35.5. The van der Waals surface area contributed by atoms with Crippen molar-refractivity contribution in [2.24, 2.45) is 23.7 Å². The van der Waals surface area contributed by atoms with Crippen molar-refractivity contribution in [2.75, 3.05) is 19.6 Å². The minimum absolute atomic E-state index is 0.00670. The topological polar surface area (TPSA) is 143 Å². The maximum atomic E-state index is 15.2. The van der Waals surface area contributed by atoms with E-state index >= 15 is 4.79 Å². The Kier molecular flexibility index (Phi) is 7.95. The number of likely N-dealkylation sites (tertiary alicyclic amines) is 1. The Morgan fingerprint density at radius 3 is 2.37 bits per heavy atom. The van der Waals surface area contributed by atoms with Crippen molar-refractivity contribution in [3.63, 3.8) is 0 Å².